The summed E-state index contributed by atoms with van der Waals surface area (Å²) in [5.74, 6) is 0. The molecule has 0 unspecified atom stereocenters. The molecule has 26 heavy (non-hydrogen) atoms. The van der Waals surface area contributed by atoms with Gasteiger partial charge in [0.1, 0.15) is 0 Å². The number of amides is 2. The smallest absolute Gasteiger partial charge is 0.319 e. The highest BCUT2D eigenvalue weighted by Gasteiger charge is 2.23. The summed E-state index contributed by atoms with van der Waals surface area (Å²) >= 11 is 12.0. The summed E-state index contributed by atoms with van der Waals surface area (Å²) in [6, 6.07) is 10.5. The van der Waals surface area contributed by atoms with Crippen LogP contribution in [0.4, 0.5) is 10.5 Å². The SMILES string of the molecule is CNS(=O)(=O)c1ccc(NC(=O)NC(C)(C)c2ccc(Cl)c(Cl)c2)cc1. The van der Waals surface area contributed by atoms with Crippen molar-refractivity contribution in [1.29, 1.82) is 0 Å². The van der Waals surface area contributed by atoms with E-state index in [0.717, 1.165) is 5.56 Å². The largest absolute Gasteiger partial charge is 0.329 e. The van der Waals surface area contributed by atoms with E-state index >= 15 is 0 Å². The third kappa shape index (κ3) is 4.88. The van der Waals surface area contributed by atoms with Crippen molar-refractivity contribution in [2.45, 2.75) is 24.3 Å². The van der Waals surface area contributed by atoms with Crippen LogP contribution in [-0.4, -0.2) is 21.5 Å². The van der Waals surface area contributed by atoms with Gasteiger partial charge in [-0.25, -0.2) is 17.9 Å². The first-order valence-corrected chi connectivity index (χ1v) is 9.87. The Labute approximate surface area is 162 Å². The Morgan fingerprint density at radius 2 is 1.62 bits per heavy atom. The van der Waals surface area contributed by atoms with Crippen LogP contribution in [0.3, 0.4) is 0 Å². The number of urea groups is 1. The zero-order chi connectivity index (χ0) is 19.5. The van der Waals surface area contributed by atoms with Crippen molar-refractivity contribution in [3.63, 3.8) is 0 Å². The minimum atomic E-state index is -3.52. The molecule has 2 aromatic carbocycles. The minimum absolute atomic E-state index is 0.113. The number of nitrogens with one attached hydrogen (secondary N) is 3. The molecule has 0 aliphatic heterocycles. The van der Waals surface area contributed by atoms with Gasteiger partial charge in [-0.2, -0.15) is 0 Å². The molecule has 0 aliphatic rings. The summed E-state index contributed by atoms with van der Waals surface area (Å²) < 4.78 is 25.6. The summed E-state index contributed by atoms with van der Waals surface area (Å²) in [6.45, 7) is 3.66. The topological polar surface area (TPSA) is 87.3 Å². The molecule has 0 heterocycles. The van der Waals surface area contributed by atoms with Gasteiger partial charge < -0.3 is 10.6 Å². The van der Waals surface area contributed by atoms with Crippen LogP contribution in [-0.2, 0) is 15.6 Å². The molecule has 140 valence electrons. The first-order chi connectivity index (χ1) is 12.0. The van der Waals surface area contributed by atoms with Crippen LogP contribution in [0.1, 0.15) is 19.4 Å². The molecule has 2 amide bonds. The van der Waals surface area contributed by atoms with Gasteiger partial charge in [0.2, 0.25) is 10.0 Å². The van der Waals surface area contributed by atoms with E-state index in [4.69, 9.17) is 23.2 Å². The Bertz CT molecular complexity index is 913. The second-order valence-corrected chi connectivity index (χ2v) is 8.77. The molecule has 0 saturated heterocycles. The standard InChI is InChI=1S/C17H19Cl2N3O3S/c1-17(2,11-4-9-14(18)15(19)10-11)22-16(23)21-12-5-7-13(8-6-12)26(24,25)20-3/h4-10,20H,1-3H3,(H2,21,22,23). The van der Waals surface area contributed by atoms with E-state index in [1.807, 2.05) is 13.8 Å². The highest BCUT2D eigenvalue weighted by Crippen LogP contribution is 2.28. The van der Waals surface area contributed by atoms with E-state index < -0.39 is 21.6 Å². The number of carbonyl (C=O) groups is 1. The van der Waals surface area contributed by atoms with Crippen LogP contribution in [0.2, 0.25) is 10.0 Å². The van der Waals surface area contributed by atoms with Gasteiger partial charge in [0.05, 0.1) is 20.5 Å². The van der Waals surface area contributed by atoms with Crippen molar-refractivity contribution in [3.8, 4) is 0 Å². The molecular formula is C17H19Cl2N3O3S. The molecule has 6 nitrogen and oxygen atoms in total. The fourth-order valence-electron chi connectivity index (χ4n) is 2.24. The van der Waals surface area contributed by atoms with Crippen LogP contribution in [0.25, 0.3) is 0 Å². The number of hydrogen-bond acceptors (Lipinski definition) is 3. The Balaban J connectivity index is 2.09. The number of rotatable bonds is 5. The van der Waals surface area contributed by atoms with E-state index in [0.29, 0.717) is 15.7 Å². The molecule has 0 bridgehead atoms. The van der Waals surface area contributed by atoms with Gasteiger partial charge in [0, 0.05) is 5.69 Å². The third-order valence-electron chi connectivity index (χ3n) is 3.76. The van der Waals surface area contributed by atoms with E-state index in [-0.39, 0.29) is 4.90 Å². The van der Waals surface area contributed by atoms with Crippen molar-refractivity contribution >= 4 is 44.9 Å². The van der Waals surface area contributed by atoms with Gasteiger partial charge >= 0.3 is 6.03 Å². The van der Waals surface area contributed by atoms with Gasteiger partial charge in [0.25, 0.3) is 0 Å². The van der Waals surface area contributed by atoms with Gasteiger partial charge in [-0.3, -0.25) is 0 Å². The molecule has 0 aromatic heterocycles. The first kappa shape index (κ1) is 20.5. The second kappa shape index (κ2) is 7.84. The molecule has 0 aliphatic carbocycles. The quantitative estimate of drug-likeness (QED) is 0.690. The summed E-state index contributed by atoms with van der Waals surface area (Å²) in [7, 11) is -2.18. The van der Waals surface area contributed by atoms with Crippen LogP contribution in [0.15, 0.2) is 47.4 Å². The highest BCUT2D eigenvalue weighted by atomic mass is 35.5. The average molecular weight is 416 g/mol. The van der Waals surface area contributed by atoms with Gasteiger partial charge in [-0.15, -0.1) is 0 Å². The highest BCUT2D eigenvalue weighted by molar-refractivity contribution is 7.89. The summed E-state index contributed by atoms with van der Waals surface area (Å²) in [5.41, 5.74) is 0.549. The molecule has 0 radical (unpaired) electrons. The lowest BCUT2D eigenvalue weighted by Gasteiger charge is -2.27. The van der Waals surface area contributed by atoms with Crippen LogP contribution >= 0.6 is 23.2 Å². The van der Waals surface area contributed by atoms with Crippen LogP contribution in [0, 0.1) is 0 Å². The summed E-state index contributed by atoms with van der Waals surface area (Å²) in [6.07, 6.45) is 0. The lowest BCUT2D eigenvalue weighted by Crippen LogP contribution is -2.43. The summed E-state index contributed by atoms with van der Waals surface area (Å²) in [5, 5.41) is 6.35. The Hall–Kier alpha value is -1.80. The lowest BCUT2D eigenvalue weighted by molar-refractivity contribution is 0.242. The zero-order valence-electron chi connectivity index (χ0n) is 14.4. The molecule has 2 aromatic rings. The molecule has 9 heteroatoms. The molecule has 0 spiro atoms. The van der Waals surface area contributed by atoms with Crippen molar-refractivity contribution in [3.05, 3.63) is 58.1 Å². The number of benzene rings is 2. The minimum Gasteiger partial charge on any atom is -0.329 e. The van der Waals surface area contributed by atoms with E-state index in [1.165, 1.54) is 31.3 Å². The molecule has 0 fully saturated rings. The van der Waals surface area contributed by atoms with Crippen molar-refractivity contribution in [2.75, 3.05) is 12.4 Å². The maximum absolute atomic E-state index is 12.3. The van der Waals surface area contributed by atoms with Gasteiger partial charge in [-0.1, -0.05) is 29.3 Å². The van der Waals surface area contributed by atoms with Gasteiger partial charge in [0.15, 0.2) is 0 Å². The molecular weight excluding hydrogens is 397 g/mol. The van der Waals surface area contributed by atoms with Crippen molar-refractivity contribution in [1.82, 2.24) is 10.0 Å². The number of hydrogen-bond donors (Lipinski definition) is 3. The molecule has 3 N–H and O–H groups in total. The third-order valence-corrected chi connectivity index (χ3v) is 5.93. The van der Waals surface area contributed by atoms with Crippen LogP contribution < -0.4 is 15.4 Å². The number of anilines is 1. The molecule has 2 rings (SSSR count). The fourth-order valence-corrected chi connectivity index (χ4v) is 3.27. The van der Waals surface area contributed by atoms with E-state index in [1.54, 1.807) is 18.2 Å². The second-order valence-electron chi connectivity index (χ2n) is 6.06. The first-order valence-electron chi connectivity index (χ1n) is 7.63. The lowest BCUT2D eigenvalue weighted by atomic mass is 9.94. The van der Waals surface area contributed by atoms with Gasteiger partial charge in [-0.05, 0) is 62.9 Å². The maximum atomic E-state index is 12.3. The summed E-state index contributed by atoms with van der Waals surface area (Å²) in [4.78, 5) is 12.4. The van der Waals surface area contributed by atoms with Crippen molar-refractivity contribution in [2.24, 2.45) is 0 Å². The Morgan fingerprint density at radius 1 is 1.00 bits per heavy atom. The number of sulfonamides is 1. The average Bonchev–Trinajstić information content (AvgIpc) is 2.57. The molecule has 0 atom stereocenters. The van der Waals surface area contributed by atoms with E-state index in [2.05, 4.69) is 15.4 Å². The van der Waals surface area contributed by atoms with Crippen LogP contribution in [0.5, 0.6) is 0 Å². The normalized spacial score (nSPS) is 11.9. The Morgan fingerprint density at radius 3 is 2.15 bits per heavy atom. The zero-order valence-corrected chi connectivity index (χ0v) is 16.8. The predicted molar refractivity (Wildman–Crippen MR) is 104 cm³/mol. The van der Waals surface area contributed by atoms with E-state index in [9.17, 15) is 13.2 Å². The van der Waals surface area contributed by atoms with Crippen molar-refractivity contribution < 1.29 is 13.2 Å². The fraction of sp³-hybridized carbons (Fsp3) is 0.235. The Kier molecular flexibility index (Phi) is 6.18. The maximum Gasteiger partial charge on any atom is 0.319 e. The monoisotopic (exact) mass is 415 g/mol. The predicted octanol–water partition coefficient (Wildman–Crippen LogP) is 3.96. The number of carbonyl (C=O) groups excluding carboxylic acids is 1. The number of halogens is 2. The molecule has 0 saturated carbocycles.